The number of halogens is 1. The fraction of sp³-hybridized carbons (Fsp3) is 0.0741. The van der Waals surface area contributed by atoms with Crippen LogP contribution in [-0.4, -0.2) is 38.2 Å². The Hall–Kier alpha value is -1.71. The molecule has 2 atom stereocenters. The predicted octanol–water partition coefficient (Wildman–Crippen LogP) is 7.24. The minimum absolute atomic E-state index is 0. The van der Waals surface area contributed by atoms with Gasteiger partial charge in [0, 0.05) is 11.6 Å². The molecule has 2 unspecified atom stereocenters. The van der Waals surface area contributed by atoms with Crippen molar-refractivity contribution in [1.29, 1.82) is 0 Å². The van der Waals surface area contributed by atoms with Gasteiger partial charge in [0.2, 0.25) is 0 Å². The van der Waals surface area contributed by atoms with Crippen molar-refractivity contribution >= 4 is 76.5 Å². The molecule has 0 spiro atoms. The Morgan fingerprint density at radius 2 is 1.56 bits per heavy atom. The Morgan fingerprint density at radius 3 is 2.19 bits per heavy atom. The van der Waals surface area contributed by atoms with Crippen molar-refractivity contribution in [2.24, 2.45) is 0 Å². The zero-order valence-corrected chi connectivity index (χ0v) is 30.8. The van der Waals surface area contributed by atoms with E-state index in [4.69, 9.17) is 20.5 Å². The molecule has 0 amide bonds. The van der Waals surface area contributed by atoms with E-state index in [1.165, 1.54) is 11.8 Å². The Labute approximate surface area is 246 Å². The first-order valence-corrected chi connectivity index (χ1v) is 14.1. The summed E-state index contributed by atoms with van der Waals surface area (Å²) in [7, 11) is 2.42. The number of carbonyl (C=O) groups is 1. The SMILES string of the molecule is O=C(c1ccc(OSP)cc1)C(Sc1cc(OCc2ccccc2)cc(Cl)c1O)c1ccccc1.[TlH2]. The number of hydrogen-bond donors (Lipinski definition) is 1. The maximum atomic E-state index is 13.6. The summed E-state index contributed by atoms with van der Waals surface area (Å²) in [5.74, 6) is 0.976. The number of aromatic hydroxyl groups is 1. The average Bonchev–Trinajstić information content (AvgIpc) is 2.90. The van der Waals surface area contributed by atoms with Crippen LogP contribution < -0.4 is 8.92 Å². The summed E-state index contributed by atoms with van der Waals surface area (Å²) in [6.45, 7) is 0.357. The number of carbonyl (C=O) groups excluding carboxylic acids is 1. The molecule has 4 aromatic carbocycles. The zero-order valence-electron chi connectivity index (χ0n) is 19.5. The number of ketones is 1. The molecule has 36 heavy (non-hydrogen) atoms. The van der Waals surface area contributed by atoms with Crippen molar-refractivity contribution in [3.05, 3.63) is 119 Å². The summed E-state index contributed by atoms with van der Waals surface area (Å²) < 4.78 is 11.3. The van der Waals surface area contributed by atoms with E-state index in [-0.39, 0.29) is 43.9 Å². The first kappa shape index (κ1) is 28.9. The van der Waals surface area contributed by atoms with Gasteiger partial charge in [-0.25, -0.2) is 0 Å². The van der Waals surface area contributed by atoms with Crippen molar-refractivity contribution in [1.82, 2.24) is 0 Å². The van der Waals surface area contributed by atoms with Crippen LogP contribution in [0.1, 0.15) is 26.7 Å². The molecular weight excluding hydrogens is 723 g/mol. The quantitative estimate of drug-likeness (QED) is 0.0608. The van der Waals surface area contributed by atoms with Crippen LogP contribution in [0.5, 0.6) is 17.2 Å². The maximum absolute atomic E-state index is 13.6. The molecule has 0 heterocycles. The molecule has 0 bridgehead atoms. The van der Waals surface area contributed by atoms with E-state index in [1.54, 1.807) is 36.4 Å². The van der Waals surface area contributed by atoms with Crippen molar-refractivity contribution in [3.63, 3.8) is 0 Å². The number of phenols is 1. The molecule has 0 saturated carbocycles. The minimum atomic E-state index is -0.606. The average molecular weight is 747 g/mol. The molecule has 0 aliphatic rings. The van der Waals surface area contributed by atoms with Gasteiger partial charge in [-0.3, -0.25) is 4.79 Å². The third kappa shape index (κ3) is 7.65. The summed E-state index contributed by atoms with van der Waals surface area (Å²) >= 11 is 8.72. The number of hydrogen-bond acceptors (Lipinski definition) is 6. The number of Topliss-reactive ketones (excluding diaryl/α,β-unsaturated/α-hetero) is 1. The molecule has 0 aromatic heterocycles. The third-order valence-electron chi connectivity index (χ3n) is 5.12. The molecule has 4 nitrogen and oxygen atoms in total. The topological polar surface area (TPSA) is 55.8 Å². The molecule has 1 N–H and O–H groups in total. The van der Waals surface area contributed by atoms with Gasteiger partial charge in [-0.05, 0) is 49.9 Å². The van der Waals surface area contributed by atoms with Crippen LogP contribution in [-0.2, 0) is 6.61 Å². The molecule has 0 aliphatic carbocycles. The molecule has 0 aliphatic heterocycles. The van der Waals surface area contributed by atoms with E-state index in [2.05, 4.69) is 8.44 Å². The second-order valence-electron chi connectivity index (χ2n) is 7.50. The second kappa shape index (κ2) is 14.3. The van der Waals surface area contributed by atoms with Gasteiger partial charge in [0.1, 0.15) is 23.9 Å². The molecule has 183 valence electrons. The van der Waals surface area contributed by atoms with Crippen molar-refractivity contribution in [2.75, 3.05) is 0 Å². The Morgan fingerprint density at radius 1 is 0.917 bits per heavy atom. The Bertz CT molecular complexity index is 1280. The van der Waals surface area contributed by atoms with Gasteiger partial charge in [-0.1, -0.05) is 72.3 Å². The molecule has 4 rings (SSSR count). The molecule has 1 radical (unpaired) electrons. The summed E-state index contributed by atoms with van der Waals surface area (Å²) in [6.07, 6.45) is 0. The van der Waals surface area contributed by atoms with Crippen molar-refractivity contribution in [3.8, 4) is 17.2 Å². The molecule has 9 heteroatoms. The summed E-state index contributed by atoms with van der Waals surface area (Å²) in [6, 6.07) is 29.5. The number of phenolic OH excluding ortho intramolecular Hbond substituents is 1. The van der Waals surface area contributed by atoms with Crippen LogP contribution in [0.15, 0.2) is 102 Å². The summed E-state index contributed by atoms with van der Waals surface area (Å²) in [4.78, 5) is 14.1. The van der Waals surface area contributed by atoms with Crippen LogP contribution >= 0.6 is 43.5 Å². The van der Waals surface area contributed by atoms with E-state index >= 15 is 0 Å². The van der Waals surface area contributed by atoms with Crippen LogP contribution in [0, 0.1) is 0 Å². The van der Waals surface area contributed by atoms with E-state index in [0.29, 0.717) is 28.6 Å². The second-order valence-corrected chi connectivity index (χ2v) is 9.99. The summed E-state index contributed by atoms with van der Waals surface area (Å²) in [5, 5.41) is 10.3. The van der Waals surface area contributed by atoms with Gasteiger partial charge in [0.05, 0.1) is 26.8 Å². The third-order valence-corrected chi connectivity index (χ3v) is 7.27. The molecular formula is C27H24ClO4PS2Tl. The van der Waals surface area contributed by atoms with Gasteiger partial charge < -0.3 is 14.0 Å². The predicted molar refractivity (Wildman–Crippen MR) is 156 cm³/mol. The van der Waals surface area contributed by atoms with Crippen LogP contribution in [0.2, 0.25) is 5.02 Å². The van der Waals surface area contributed by atoms with Gasteiger partial charge in [0.15, 0.2) is 5.78 Å². The van der Waals surface area contributed by atoms with E-state index in [9.17, 15) is 9.90 Å². The van der Waals surface area contributed by atoms with Gasteiger partial charge in [-0.15, -0.1) is 11.8 Å². The van der Waals surface area contributed by atoms with E-state index < -0.39 is 5.25 Å². The molecule has 4 aromatic rings. The van der Waals surface area contributed by atoms with Crippen molar-refractivity contribution < 1.29 is 18.8 Å². The van der Waals surface area contributed by atoms with Gasteiger partial charge in [-0.2, -0.15) is 0 Å². The zero-order chi connectivity index (χ0) is 24.6. The monoisotopic (exact) mass is 747 g/mol. The Balaban J connectivity index is 0.00000361. The van der Waals surface area contributed by atoms with E-state index in [0.717, 1.165) is 22.8 Å². The standard InChI is InChI=1S/C27H22ClO4PS2.Tl.2H/c28-23-15-22(31-17-18-7-3-1-4-8-18)16-24(26(23)30)34-27(20-9-5-2-6-10-20)25(29)19-11-13-21(14-12-19)32-35-33;;;/h1-16,27,30H,17,33H2;;;. The molecule has 0 fully saturated rings. The van der Waals surface area contributed by atoms with Crippen LogP contribution in [0.4, 0.5) is 0 Å². The first-order valence-electron chi connectivity index (χ1n) is 10.6. The molecule has 0 saturated heterocycles. The van der Waals surface area contributed by atoms with Crippen molar-refractivity contribution in [2.45, 2.75) is 16.8 Å². The Kier molecular flexibility index (Phi) is 11.5. The van der Waals surface area contributed by atoms with Gasteiger partial charge in [0.25, 0.3) is 0 Å². The normalized spacial score (nSPS) is 11.3. The van der Waals surface area contributed by atoms with Crippen LogP contribution in [0.3, 0.4) is 0 Å². The van der Waals surface area contributed by atoms with Gasteiger partial charge >= 0.3 is 27.3 Å². The number of rotatable bonds is 10. The first-order chi connectivity index (χ1) is 17.0. The number of benzene rings is 4. The van der Waals surface area contributed by atoms with E-state index in [1.807, 2.05) is 60.7 Å². The number of thioether (sulfide) groups is 1. The fourth-order valence-corrected chi connectivity index (χ4v) is 5.39. The fourth-order valence-electron chi connectivity index (χ4n) is 3.37. The number of ether oxygens (including phenoxy) is 1. The van der Waals surface area contributed by atoms with Crippen LogP contribution in [0.25, 0.3) is 0 Å². The summed E-state index contributed by atoms with van der Waals surface area (Å²) in [5.41, 5.74) is 2.36.